The van der Waals surface area contributed by atoms with E-state index >= 15 is 0 Å². The summed E-state index contributed by atoms with van der Waals surface area (Å²) in [5, 5.41) is 6.67. The summed E-state index contributed by atoms with van der Waals surface area (Å²) < 4.78 is 5.15. The molecule has 0 bridgehead atoms. The molecule has 2 unspecified atom stereocenters. The number of hydrogen-bond acceptors (Lipinski definition) is 3. The third kappa shape index (κ3) is 6.67. The molecule has 0 radical (unpaired) electrons. The van der Waals surface area contributed by atoms with E-state index in [1.54, 1.807) is 14.2 Å². The van der Waals surface area contributed by atoms with Crippen LogP contribution in [0.3, 0.4) is 0 Å². The second-order valence-electron chi connectivity index (χ2n) is 7.06. The summed E-state index contributed by atoms with van der Waals surface area (Å²) in [5.41, 5.74) is 2.66. The minimum atomic E-state index is 0.227. The molecule has 2 rings (SSSR count). The van der Waals surface area contributed by atoms with Crippen molar-refractivity contribution in [3.8, 4) is 0 Å². The Morgan fingerprint density at radius 2 is 2.00 bits per heavy atom. The van der Waals surface area contributed by atoms with Crippen LogP contribution >= 0.6 is 0 Å². The van der Waals surface area contributed by atoms with Crippen molar-refractivity contribution < 1.29 is 4.74 Å². The summed E-state index contributed by atoms with van der Waals surface area (Å²) in [7, 11) is 3.50. The van der Waals surface area contributed by atoms with Crippen molar-refractivity contribution in [1.82, 2.24) is 15.5 Å². The Bertz CT molecular complexity index is 529. The molecule has 2 atom stereocenters. The lowest BCUT2D eigenvalue weighted by molar-refractivity contribution is 0.152. The van der Waals surface area contributed by atoms with E-state index in [4.69, 9.17) is 4.74 Å². The molecule has 1 heterocycles. The van der Waals surface area contributed by atoms with E-state index in [2.05, 4.69) is 58.6 Å². The maximum Gasteiger partial charge on any atom is 0.191 e. The molecular weight excluding hydrogens is 312 g/mol. The molecule has 0 aliphatic carbocycles. The highest BCUT2D eigenvalue weighted by Crippen LogP contribution is 2.19. The highest BCUT2D eigenvalue weighted by Gasteiger charge is 2.17. The number of benzene rings is 1. The highest BCUT2D eigenvalue weighted by atomic mass is 16.5. The van der Waals surface area contributed by atoms with Crippen molar-refractivity contribution in [3.63, 3.8) is 0 Å². The quantitative estimate of drug-likeness (QED) is 0.589. The smallest absolute Gasteiger partial charge is 0.191 e. The van der Waals surface area contributed by atoms with Crippen LogP contribution in [-0.4, -0.2) is 50.3 Å². The van der Waals surface area contributed by atoms with Crippen molar-refractivity contribution in [1.29, 1.82) is 0 Å². The number of piperidine rings is 1. The van der Waals surface area contributed by atoms with Crippen LogP contribution in [0.4, 0.5) is 0 Å². The average Bonchev–Trinajstić information content (AvgIpc) is 2.62. The SMILES string of the molecule is CN=C(NCc1ccc(CN2CCCCC2C)cc1)NC(C)COC. The third-order valence-corrected chi connectivity index (χ3v) is 4.83. The second kappa shape index (κ2) is 10.4. The molecule has 5 heteroatoms. The number of rotatable bonds is 7. The minimum Gasteiger partial charge on any atom is -0.383 e. The molecule has 1 fully saturated rings. The van der Waals surface area contributed by atoms with Gasteiger partial charge in [0.1, 0.15) is 0 Å². The van der Waals surface area contributed by atoms with E-state index < -0.39 is 0 Å². The molecule has 0 saturated carbocycles. The van der Waals surface area contributed by atoms with Gasteiger partial charge in [-0.2, -0.15) is 0 Å². The lowest BCUT2D eigenvalue weighted by Gasteiger charge is -2.33. The first-order chi connectivity index (χ1) is 12.1. The Balaban J connectivity index is 1.81. The predicted octanol–water partition coefficient (Wildman–Crippen LogP) is 2.76. The van der Waals surface area contributed by atoms with Gasteiger partial charge in [-0.3, -0.25) is 9.89 Å². The number of nitrogens with one attached hydrogen (secondary N) is 2. The van der Waals surface area contributed by atoms with Gasteiger partial charge >= 0.3 is 0 Å². The monoisotopic (exact) mass is 346 g/mol. The molecule has 2 N–H and O–H groups in total. The fourth-order valence-corrected chi connectivity index (χ4v) is 3.30. The third-order valence-electron chi connectivity index (χ3n) is 4.83. The molecule has 25 heavy (non-hydrogen) atoms. The number of hydrogen-bond donors (Lipinski definition) is 2. The lowest BCUT2D eigenvalue weighted by atomic mass is 10.0. The van der Waals surface area contributed by atoms with E-state index in [1.165, 1.54) is 36.9 Å². The van der Waals surface area contributed by atoms with Crippen molar-refractivity contribution in [2.24, 2.45) is 4.99 Å². The number of likely N-dealkylation sites (tertiary alicyclic amines) is 1. The zero-order valence-corrected chi connectivity index (χ0v) is 16.2. The first-order valence-corrected chi connectivity index (χ1v) is 9.40. The van der Waals surface area contributed by atoms with Gasteiger partial charge in [-0.25, -0.2) is 0 Å². The number of guanidine groups is 1. The topological polar surface area (TPSA) is 48.9 Å². The van der Waals surface area contributed by atoms with Gasteiger partial charge in [0.15, 0.2) is 5.96 Å². The lowest BCUT2D eigenvalue weighted by Crippen LogP contribution is -2.43. The van der Waals surface area contributed by atoms with E-state index in [1.807, 2.05) is 0 Å². The van der Waals surface area contributed by atoms with Crippen molar-refractivity contribution in [2.75, 3.05) is 27.3 Å². The van der Waals surface area contributed by atoms with Crippen LogP contribution in [0.15, 0.2) is 29.3 Å². The van der Waals surface area contributed by atoms with Crippen LogP contribution in [-0.2, 0) is 17.8 Å². The fourth-order valence-electron chi connectivity index (χ4n) is 3.30. The summed E-state index contributed by atoms with van der Waals surface area (Å²) in [6.07, 6.45) is 4.04. The maximum absolute atomic E-state index is 5.15. The van der Waals surface area contributed by atoms with Crippen molar-refractivity contribution in [2.45, 2.75) is 58.3 Å². The Labute approximate surface area is 152 Å². The van der Waals surface area contributed by atoms with Gasteiger partial charge in [0.05, 0.1) is 6.61 Å². The van der Waals surface area contributed by atoms with Gasteiger partial charge in [-0.05, 0) is 44.4 Å². The van der Waals surface area contributed by atoms with Crippen LogP contribution in [0, 0.1) is 0 Å². The molecule has 0 amide bonds. The van der Waals surface area contributed by atoms with Gasteiger partial charge < -0.3 is 15.4 Å². The van der Waals surface area contributed by atoms with E-state index in [0.717, 1.165) is 19.0 Å². The first kappa shape index (κ1) is 19.7. The van der Waals surface area contributed by atoms with Crippen molar-refractivity contribution >= 4 is 5.96 Å². The summed E-state index contributed by atoms with van der Waals surface area (Å²) in [5.74, 6) is 0.802. The molecule has 1 aliphatic rings. The summed E-state index contributed by atoms with van der Waals surface area (Å²) in [6.45, 7) is 8.14. The standard InChI is InChI=1S/C20H34N4O/c1-16(15-25-4)23-20(21-3)22-13-18-8-10-19(11-9-18)14-24-12-6-5-7-17(24)2/h8-11,16-17H,5-7,12-15H2,1-4H3,(H2,21,22,23). The summed E-state index contributed by atoms with van der Waals surface area (Å²) in [6, 6.07) is 9.86. The van der Waals surface area contributed by atoms with Gasteiger partial charge in [-0.15, -0.1) is 0 Å². The zero-order valence-electron chi connectivity index (χ0n) is 16.2. The molecule has 1 saturated heterocycles. The van der Waals surface area contributed by atoms with Crippen LogP contribution < -0.4 is 10.6 Å². The van der Waals surface area contributed by atoms with Crippen LogP contribution in [0.5, 0.6) is 0 Å². The zero-order chi connectivity index (χ0) is 18.1. The van der Waals surface area contributed by atoms with Gasteiger partial charge in [0, 0.05) is 39.3 Å². The van der Waals surface area contributed by atoms with Gasteiger partial charge in [-0.1, -0.05) is 30.7 Å². The van der Waals surface area contributed by atoms with E-state index in [0.29, 0.717) is 12.6 Å². The van der Waals surface area contributed by atoms with Gasteiger partial charge in [0.25, 0.3) is 0 Å². The fraction of sp³-hybridized carbons (Fsp3) is 0.650. The summed E-state index contributed by atoms with van der Waals surface area (Å²) in [4.78, 5) is 6.86. The number of aliphatic imine (C=N–C) groups is 1. The maximum atomic E-state index is 5.15. The Morgan fingerprint density at radius 1 is 1.28 bits per heavy atom. The van der Waals surface area contributed by atoms with Crippen molar-refractivity contribution in [3.05, 3.63) is 35.4 Å². The largest absolute Gasteiger partial charge is 0.383 e. The average molecular weight is 347 g/mol. The van der Waals surface area contributed by atoms with Crippen LogP contribution in [0.1, 0.15) is 44.2 Å². The summed E-state index contributed by atoms with van der Waals surface area (Å²) >= 11 is 0. The molecule has 0 aromatic heterocycles. The molecule has 1 aliphatic heterocycles. The Kier molecular flexibility index (Phi) is 8.22. The molecular formula is C20H34N4O. The number of methoxy groups -OCH3 is 1. The number of nitrogens with zero attached hydrogens (tertiary/aromatic N) is 2. The normalized spacial score (nSPS) is 20.3. The Hall–Kier alpha value is -1.59. The van der Waals surface area contributed by atoms with Crippen LogP contribution in [0.2, 0.25) is 0 Å². The molecule has 5 nitrogen and oxygen atoms in total. The highest BCUT2D eigenvalue weighted by molar-refractivity contribution is 5.79. The predicted molar refractivity (Wildman–Crippen MR) is 105 cm³/mol. The van der Waals surface area contributed by atoms with Crippen LogP contribution in [0.25, 0.3) is 0 Å². The molecule has 1 aromatic carbocycles. The van der Waals surface area contributed by atoms with Gasteiger partial charge in [0.2, 0.25) is 0 Å². The van der Waals surface area contributed by atoms with E-state index in [9.17, 15) is 0 Å². The molecule has 140 valence electrons. The first-order valence-electron chi connectivity index (χ1n) is 9.40. The minimum absolute atomic E-state index is 0.227. The van der Waals surface area contributed by atoms with E-state index in [-0.39, 0.29) is 6.04 Å². The second-order valence-corrected chi connectivity index (χ2v) is 7.06. The molecule has 1 aromatic rings. The molecule has 0 spiro atoms. The number of ether oxygens (including phenoxy) is 1. The Morgan fingerprint density at radius 3 is 2.64 bits per heavy atom.